The average molecular weight is 368 g/mol. The zero-order chi connectivity index (χ0) is 18.3. The molecule has 0 fully saturated rings. The van der Waals surface area contributed by atoms with Crippen LogP contribution in [0.3, 0.4) is 0 Å². The Morgan fingerprint density at radius 2 is 2.12 bits per heavy atom. The highest BCUT2D eigenvalue weighted by Gasteiger charge is 2.18. The van der Waals surface area contributed by atoms with Gasteiger partial charge in [-0.15, -0.1) is 11.3 Å². The van der Waals surface area contributed by atoms with Gasteiger partial charge < -0.3 is 9.73 Å². The highest BCUT2D eigenvalue weighted by atomic mass is 32.1. The normalized spacial score (nSPS) is 13.2. The number of hydrogen-bond acceptors (Lipinski definition) is 6. The number of rotatable bonds is 3. The number of nitrogens with zero attached hydrogens (tertiary/aromatic N) is 2. The van der Waals surface area contributed by atoms with Gasteiger partial charge in [0.2, 0.25) is 5.91 Å². The fourth-order valence-corrected chi connectivity index (χ4v) is 3.72. The van der Waals surface area contributed by atoms with E-state index in [-0.39, 0.29) is 17.8 Å². The second-order valence-electron chi connectivity index (χ2n) is 6.06. The molecule has 0 saturated carbocycles. The lowest BCUT2D eigenvalue weighted by molar-refractivity contribution is -0.116. The number of fused-ring (bicyclic) bond motifs is 1. The molecular formula is C18H16N4O3S. The van der Waals surface area contributed by atoms with Crippen LogP contribution in [0, 0.1) is 13.8 Å². The molecule has 26 heavy (non-hydrogen) atoms. The van der Waals surface area contributed by atoms with Crippen LogP contribution >= 0.6 is 11.3 Å². The summed E-state index contributed by atoms with van der Waals surface area (Å²) in [5.74, 6) is -0.250. The average Bonchev–Trinajstić information content (AvgIpc) is 3.20. The Bertz CT molecular complexity index is 1020. The molecule has 4 rings (SSSR count). The van der Waals surface area contributed by atoms with Gasteiger partial charge in [0.1, 0.15) is 16.8 Å². The van der Waals surface area contributed by atoms with E-state index in [4.69, 9.17) is 4.42 Å². The van der Waals surface area contributed by atoms with Gasteiger partial charge in [-0.3, -0.25) is 14.9 Å². The molecule has 0 atom stereocenters. The summed E-state index contributed by atoms with van der Waals surface area (Å²) in [6.45, 7) is 3.65. The number of carbonyl (C=O) groups excluding carboxylic acids is 2. The van der Waals surface area contributed by atoms with Crippen molar-refractivity contribution in [3.63, 3.8) is 0 Å². The first-order valence-corrected chi connectivity index (χ1v) is 8.95. The summed E-state index contributed by atoms with van der Waals surface area (Å²) in [5.41, 5.74) is 4.07. The van der Waals surface area contributed by atoms with Crippen LogP contribution in [0.15, 0.2) is 28.9 Å². The summed E-state index contributed by atoms with van der Waals surface area (Å²) in [6, 6.07) is 5.85. The minimum Gasteiger partial charge on any atom is -0.431 e. The highest BCUT2D eigenvalue weighted by molar-refractivity contribution is 7.13. The Balaban J connectivity index is 1.54. The molecule has 0 saturated heterocycles. The second-order valence-corrected chi connectivity index (χ2v) is 7.26. The third-order valence-electron chi connectivity index (χ3n) is 4.13. The molecule has 8 heteroatoms. The lowest BCUT2D eigenvalue weighted by Gasteiger charge is -2.16. The first-order valence-electron chi connectivity index (χ1n) is 8.13. The molecule has 2 N–H and O–H groups in total. The zero-order valence-electron chi connectivity index (χ0n) is 14.3. The Morgan fingerprint density at radius 1 is 1.27 bits per heavy atom. The van der Waals surface area contributed by atoms with Crippen LogP contribution in [0.25, 0.3) is 11.3 Å². The van der Waals surface area contributed by atoms with Crippen molar-refractivity contribution in [1.82, 2.24) is 9.97 Å². The molecule has 132 valence electrons. The molecule has 0 bridgehead atoms. The number of carbonyl (C=O) groups is 2. The van der Waals surface area contributed by atoms with Gasteiger partial charge in [0.15, 0.2) is 0 Å². The molecule has 0 unspecified atom stereocenters. The van der Waals surface area contributed by atoms with Crippen LogP contribution in [-0.4, -0.2) is 21.8 Å². The molecule has 0 radical (unpaired) electrons. The van der Waals surface area contributed by atoms with E-state index in [0.717, 1.165) is 21.8 Å². The Morgan fingerprint density at radius 3 is 2.88 bits per heavy atom. The minimum absolute atomic E-state index is 0.0327. The van der Waals surface area contributed by atoms with E-state index in [2.05, 4.69) is 20.6 Å². The minimum atomic E-state index is -0.283. The molecule has 3 aromatic rings. The maximum atomic E-state index is 12.3. The van der Waals surface area contributed by atoms with Gasteiger partial charge in [-0.2, -0.15) is 4.98 Å². The molecular weight excluding hydrogens is 352 g/mol. The van der Waals surface area contributed by atoms with E-state index >= 15 is 0 Å². The number of hydrogen-bond donors (Lipinski definition) is 2. The first kappa shape index (κ1) is 16.5. The molecule has 3 heterocycles. The third kappa shape index (κ3) is 3.11. The molecule has 1 aliphatic rings. The Hall–Kier alpha value is -3.00. The predicted molar refractivity (Wildman–Crippen MR) is 98.4 cm³/mol. The van der Waals surface area contributed by atoms with Crippen molar-refractivity contribution in [1.29, 1.82) is 0 Å². The van der Waals surface area contributed by atoms with Crippen LogP contribution in [-0.2, 0) is 11.2 Å². The molecule has 1 aromatic carbocycles. The van der Waals surface area contributed by atoms with E-state index in [1.165, 1.54) is 17.6 Å². The first-order chi connectivity index (χ1) is 12.5. The number of aromatic nitrogens is 2. The van der Waals surface area contributed by atoms with Crippen molar-refractivity contribution in [2.75, 3.05) is 10.6 Å². The van der Waals surface area contributed by atoms with Crippen LogP contribution in [0.2, 0.25) is 0 Å². The SMILES string of the molecule is Cc1nc(C)c(C(=O)Nc2nc(-c3ccc4c(c3)CCC(=O)N4)co2)s1. The largest absolute Gasteiger partial charge is 0.431 e. The standard InChI is InChI=1S/C18H16N4O3S/c1-9-16(26-10(2)19-9)17(24)22-18-21-14(8-25-18)12-3-5-13-11(7-12)4-6-15(23)20-13/h3,5,7-8H,4,6H2,1-2H3,(H,20,23)(H,21,22,24). The van der Waals surface area contributed by atoms with E-state index < -0.39 is 0 Å². The maximum absolute atomic E-state index is 12.3. The number of thiazole rings is 1. The van der Waals surface area contributed by atoms with Crippen molar-refractivity contribution in [2.24, 2.45) is 0 Å². The van der Waals surface area contributed by atoms with Gasteiger partial charge >= 0.3 is 6.01 Å². The van der Waals surface area contributed by atoms with Gasteiger partial charge in [0.05, 0.1) is 10.7 Å². The topological polar surface area (TPSA) is 97.1 Å². The molecule has 7 nitrogen and oxygen atoms in total. The predicted octanol–water partition coefficient (Wildman–Crippen LogP) is 3.55. The highest BCUT2D eigenvalue weighted by Crippen LogP contribution is 2.29. The molecule has 0 aliphatic carbocycles. The van der Waals surface area contributed by atoms with Crippen molar-refractivity contribution >= 4 is 34.9 Å². The molecule has 1 aliphatic heterocycles. The van der Waals surface area contributed by atoms with E-state index in [0.29, 0.717) is 29.1 Å². The maximum Gasteiger partial charge on any atom is 0.302 e. The zero-order valence-corrected chi connectivity index (χ0v) is 15.1. The van der Waals surface area contributed by atoms with Crippen molar-refractivity contribution < 1.29 is 14.0 Å². The van der Waals surface area contributed by atoms with Gasteiger partial charge in [-0.25, -0.2) is 4.98 Å². The lowest BCUT2D eigenvalue weighted by Crippen LogP contribution is -2.18. The summed E-state index contributed by atoms with van der Waals surface area (Å²) in [7, 11) is 0. The Labute approximate surface area is 153 Å². The Kier molecular flexibility index (Phi) is 4.04. The third-order valence-corrected chi connectivity index (χ3v) is 5.20. The van der Waals surface area contributed by atoms with Gasteiger partial charge in [0.25, 0.3) is 5.91 Å². The number of benzene rings is 1. The van der Waals surface area contributed by atoms with Crippen molar-refractivity contribution in [3.05, 3.63) is 45.6 Å². The summed E-state index contributed by atoms with van der Waals surface area (Å²) in [5, 5.41) is 6.35. The summed E-state index contributed by atoms with van der Waals surface area (Å²) >= 11 is 1.33. The summed E-state index contributed by atoms with van der Waals surface area (Å²) in [4.78, 5) is 32.9. The fraction of sp³-hybridized carbons (Fsp3) is 0.222. The van der Waals surface area contributed by atoms with Gasteiger partial charge in [-0.1, -0.05) is 6.07 Å². The van der Waals surface area contributed by atoms with Crippen LogP contribution in [0.4, 0.5) is 11.7 Å². The second kappa shape index (κ2) is 6.38. The number of aryl methyl sites for hydroxylation is 3. The van der Waals surface area contributed by atoms with Gasteiger partial charge in [0, 0.05) is 17.7 Å². The van der Waals surface area contributed by atoms with Crippen LogP contribution < -0.4 is 10.6 Å². The summed E-state index contributed by atoms with van der Waals surface area (Å²) in [6.07, 6.45) is 2.67. The number of amides is 2. The van der Waals surface area contributed by atoms with Crippen molar-refractivity contribution in [3.8, 4) is 11.3 Å². The summed E-state index contributed by atoms with van der Waals surface area (Å²) < 4.78 is 5.39. The van der Waals surface area contributed by atoms with Crippen molar-refractivity contribution in [2.45, 2.75) is 26.7 Å². The monoisotopic (exact) mass is 368 g/mol. The molecule has 2 amide bonds. The van der Waals surface area contributed by atoms with Crippen LogP contribution in [0.5, 0.6) is 0 Å². The number of nitrogens with one attached hydrogen (secondary N) is 2. The molecule has 2 aromatic heterocycles. The fourth-order valence-electron chi connectivity index (χ4n) is 2.90. The number of anilines is 2. The van der Waals surface area contributed by atoms with E-state index in [1.807, 2.05) is 25.1 Å². The lowest BCUT2D eigenvalue weighted by atomic mass is 9.99. The van der Waals surface area contributed by atoms with Crippen LogP contribution in [0.1, 0.15) is 32.4 Å². The van der Waals surface area contributed by atoms with E-state index in [9.17, 15) is 9.59 Å². The van der Waals surface area contributed by atoms with Gasteiger partial charge in [-0.05, 0) is 38.0 Å². The quantitative estimate of drug-likeness (QED) is 0.737. The molecule has 0 spiro atoms. The number of oxazole rings is 1. The van der Waals surface area contributed by atoms with E-state index in [1.54, 1.807) is 6.92 Å². The smallest absolute Gasteiger partial charge is 0.302 e.